The van der Waals surface area contributed by atoms with Crippen LogP contribution in [0.1, 0.15) is 12.8 Å². The van der Waals surface area contributed by atoms with Gasteiger partial charge in [0.05, 0.1) is 37.0 Å². The van der Waals surface area contributed by atoms with Gasteiger partial charge in [0.25, 0.3) is 0 Å². The lowest BCUT2D eigenvalue weighted by molar-refractivity contribution is 0.123. The van der Waals surface area contributed by atoms with E-state index < -0.39 is 10.0 Å². The van der Waals surface area contributed by atoms with Crippen molar-refractivity contribution in [2.45, 2.75) is 12.8 Å². The van der Waals surface area contributed by atoms with Gasteiger partial charge >= 0.3 is 6.03 Å². The van der Waals surface area contributed by atoms with Crippen LogP contribution in [0.2, 0.25) is 0 Å². The van der Waals surface area contributed by atoms with Gasteiger partial charge < -0.3 is 19.3 Å². The molecule has 2 fully saturated rings. The number of likely N-dealkylation sites (tertiary alicyclic amines) is 1. The number of thiazole rings is 1. The zero-order valence-electron chi connectivity index (χ0n) is 18.3. The zero-order valence-corrected chi connectivity index (χ0v) is 19.9. The highest BCUT2D eigenvalue weighted by molar-refractivity contribution is 7.88. The molecule has 0 unspecified atom stereocenters. The fourth-order valence-electron chi connectivity index (χ4n) is 4.02. The molecule has 0 bridgehead atoms. The third-order valence-electron chi connectivity index (χ3n) is 5.81. The molecule has 2 saturated heterocycles. The Bertz CT molecular complexity index is 1060. The number of hydrogen-bond donors (Lipinski definition) is 2. The first kappa shape index (κ1) is 23.0. The molecule has 0 saturated carbocycles. The minimum atomic E-state index is -3.19. The number of carbonyl (C=O) groups is 1. The fourth-order valence-corrected chi connectivity index (χ4v) is 5.57. The first-order valence-corrected chi connectivity index (χ1v) is 13.4. The number of ether oxygens (including phenoxy) is 2. The quantitative estimate of drug-likeness (QED) is 0.646. The largest absolute Gasteiger partial charge is 0.494 e. The van der Waals surface area contributed by atoms with Crippen molar-refractivity contribution >= 4 is 48.4 Å². The van der Waals surface area contributed by atoms with Crippen molar-refractivity contribution in [3.63, 3.8) is 0 Å². The number of nitrogens with one attached hydrogen (secondary N) is 2. The molecule has 1 aromatic heterocycles. The van der Waals surface area contributed by atoms with Gasteiger partial charge in [0, 0.05) is 32.7 Å². The molecule has 10 nitrogen and oxygen atoms in total. The summed E-state index contributed by atoms with van der Waals surface area (Å²) in [5, 5.41) is 3.47. The molecule has 32 heavy (non-hydrogen) atoms. The number of fused-ring (bicyclic) bond motifs is 1. The van der Waals surface area contributed by atoms with Gasteiger partial charge in [-0.1, -0.05) is 11.3 Å². The minimum absolute atomic E-state index is 0.189. The maximum absolute atomic E-state index is 12.8. The third-order valence-corrected chi connectivity index (χ3v) is 7.49. The van der Waals surface area contributed by atoms with Gasteiger partial charge in [0.15, 0.2) is 5.13 Å². The van der Waals surface area contributed by atoms with E-state index in [2.05, 4.69) is 19.9 Å². The molecule has 2 aliphatic rings. The van der Waals surface area contributed by atoms with Gasteiger partial charge in [-0.3, -0.25) is 5.32 Å². The van der Waals surface area contributed by atoms with Crippen LogP contribution in [0.5, 0.6) is 5.75 Å². The SMILES string of the molecule is COc1ccc(N2CCOCC2)c2sc(NC(=O)N3CCC(CNS(C)(=O)=O)CC3)nc12. The molecular formula is C20H29N5O5S2. The van der Waals surface area contributed by atoms with E-state index in [0.29, 0.717) is 43.7 Å². The molecule has 2 amide bonds. The molecule has 1 aromatic carbocycles. The maximum atomic E-state index is 12.8. The number of piperidine rings is 1. The predicted molar refractivity (Wildman–Crippen MR) is 125 cm³/mol. The van der Waals surface area contributed by atoms with E-state index in [9.17, 15) is 13.2 Å². The Hall–Kier alpha value is -2.15. The summed E-state index contributed by atoms with van der Waals surface area (Å²) in [7, 11) is -1.58. The number of sulfonamides is 1. The molecular weight excluding hydrogens is 454 g/mol. The molecule has 2 aromatic rings. The molecule has 2 aliphatic heterocycles. The van der Waals surface area contributed by atoms with Crippen molar-refractivity contribution in [1.82, 2.24) is 14.6 Å². The van der Waals surface area contributed by atoms with Gasteiger partial charge in [-0.05, 0) is 30.9 Å². The van der Waals surface area contributed by atoms with Crippen LogP contribution in [0.15, 0.2) is 12.1 Å². The van der Waals surface area contributed by atoms with E-state index in [1.54, 1.807) is 12.0 Å². The molecule has 0 radical (unpaired) electrons. The van der Waals surface area contributed by atoms with E-state index in [-0.39, 0.29) is 11.9 Å². The van der Waals surface area contributed by atoms with Crippen molar-refractivity contribution in [2.75, 3.05) is 69.5 Å². The van der Waals surface area contributed by atoms with Crippen molar-refractivity contribution in [2.24, 2.45) is 5.92 Å². The second-order valence-electron chi connectivity index (χ2n) is 8.06. The Morgan fingerprint density at radius 3 is 2.62 bits per heavy atom. The van der Waals surface area contributed by atoms with Gasteiger partial charge in [0.2, 0.25) is 10.0 Å². The summed E-state index contributed by atoms with van der Waals surface area (Å²) in [5.41, 5.74) is 1.81. The normalized spacial score (nSPS) is 18.2. The molecule has 0 atom stereocenters. The van der Waals surface area contributed by atoms with E-state index in [4.69, 9.17) is 9.47 Å². The highest BCUT2D eigenvalue weighted by atomic mass is 32.2. The maximum Gasteiger partial charge on any atom is 0.323 e. The Morgan fingerprint density at radius 1 is 1.25 bits per heavy atom. The fraction of sp³-hybridized carbons (Fsp3) is 0.600. The lowest BCUT2D eigenvalue weighted by Crippen LogP contribution is -2.43. The van der Waals surface area contributed by atoms with E-state index in [0.717, 1.165) is 48.1 Å². The molecule has 2 N–H and O–H groups in total. The number of rotatable bonds is 6. The molecule has 0 aliphatic carbocycles. The molecule has 0 spiro atoms. The van der Waals surface area contributed by atoms with Crippen LogP contribution in [0, 0.1) is 5.92 Å². The Labute approximate surface area is 191 Å². The van der Waals surface area contributed by atoms with Gasteiger partial charge in [-0.25, -0.2) is 22.9 Å². The first-order valence-electron chi connectivity index (χ1n) is 10.6. The van der Waals surface area contributed by atoms with E-state index in [1.807, 2.05) is 12.1 Å². The number of morpholine rings is 1. The molecule has 12 heteroatoms. The van der Waals surface area contributed by atoms with Gasteiger partial charge in [-0.2, -0.15) is 0 Å². The van der Waals surface area contributed by atoms with Crippen molar-refractivity contribution in [3.8, 4) is 5.75 Å². The third kappa shape index (κ3) is 5.42. The Kier molecular flexibility index (Phi) is 7.03. The number of benzene rings is 1. The Balaban J connectivity index is 1.43. The standard InChI is InChI=1S/C20H29N5O5S2/c1-29-16-4-3-15(24-9-11-30-12-10-24)18-17(16)22-19(31-18)23-20(26)25-7-5-14(6-8-25)13-21-32(2,27)28/h3-4,14,21H,5-13H2,1-2H3,(H,22,23,26). The van der Waals surface area contributed by atoms with Gasteiger partial charge in [0.1, 0.15) is 11.3 Å². The second-order valence-corrected chi connectivity index (χ2v) is 10.9. The summed E-state index contributed by atoms with van der Waals surface area (Å²) < 4.78 is 37.1. The molecule has 176 valence electrons. The van der Waals surface area contributed by atoms with Crippen LogP contribution >= 0.6 is 11.3 Å². The molecule has 3 heterocycles. The van der Waals surface area contributed by atoms with Crippen molar-refractivity contribution in [1.29, 1.82) is 0 Å². The van der Waals surface area contributed by atoms with Crippen LogP contribution in [0.3, 0.4) is 0 Å². The average molecular weight is 484 g/mol. The summed E-state index contributed by atoms with van der Waals surface area (Å²) in [6.45, 7) is 4.56. The highest BCUT2D eigenvalue weighted by Crippen LogP contribution is 2.39. The number of amides is 2. The van der Waals surface area contributed by atoms with E-state index in [1.165, 1.54) is 11.3 Å². The van der Waals surface area contributed by atoms with Crippen molar-refractivity contribution in [3.05, 3.63) is 12.1 Å². The average Bonchev–Trinajstić information content (AvgIpc) is 3.21. The summed E-state index contributed by atoms with van der Waals surface area (Å²) in [4.78, 5) is 21.5. The second kappa shape index (κ2) is 9.77. The topological polar surface area (TPSA) is 113 Å². The van der Waals surface area contributed by atoms with Crippen LogP contribution in [-0.2, 0) is 14.8 Å². The monoisotopic (exact) mass is 483 g/mol. The van der Waals surface area contributed by atoms with E-state index >= 15 is 0 Å². The van der Waals surface area contributed by atoms with Crippen molar-refractivity contribution < 1.29 is 22.7 Å². The molecule has 4 rings (SSSR count). The predicted octanol–water partition coefficient (Wildman–Crippen LogP) is 1.93. The zero-order chi connectivity index (χ0) is 22.7. The number of carbonyl (C=O) groups excluding carboxylic acids is 1. The minimum Gasteiger partial charge on any atom is -0.494 e. The number of methoxy groups -OCH3 is 1. The highest BCUT2D eigenvalue weighted by Gasteiger charge is 2.25. The smallest absolute Gasteiger partial charge is 0.323 e. The van der Waals surface area contributed by atoms with Crippen LogP contribution < -0.4 is 19.7 Å². The number of urea groups is 1. The van der Waals surface area contributed by atoms with Crippen LogP contribution in [0.25, 0.3) is 10.2 Å². The summed E-state index contributed by atoms with van der Waals surface area (Å²) in [5.74, 6) is 0.907. The van der Waals surface area contributed by atoms with Crippen LogP contribution in [0.4, 0.5) is 15.6 Å². The van der Waals surface area contributed by atoms with Crippen LogP contribution in [-0.4, -0.2) is 83.6 Å². The lowest BCUT2D eigenvalue weighted by Gasteiger charge is -2.31. The Morgan fingerprint density at radius 2 is 1.97 bits per heavy atom. The number of aromatic nitrogens is 1. The summed E-state index contributed by atoms with van der Waals surface area (Å²) in [6, 6.07) is 3.75. The summed E-state index contributed by atoms with van der Waals surface area (Å²) >= 11 is 1.44. The van der Waals surface area contributed by atoms with Gasteiger partial charge in [-0.15, -0.1) is 0 Å². The number of hydrogen-bond acceptors (Lipinski definition) is 8. The summed E-state index contributed by atoms with van der Waals surface area (Å²) in [6.07, 6.45) is 2.67. The number of nitrogens with zero attached hydrogens (tertiary/aromatic N) is 3. The number of anilines is 2. The lowest BCUT2D eigenvalue weighted by atomic mass is 9.97. The first-order chi connectivity index (χ1) is 15.3.